The molecule has 0 radical (unpaired) electrons. The van der Waals surface area contributed by atoms with Gasteiger partial charge in [-0.25, -0.2) is 0 Å². The van der Waals surface area contributed by atoms with E-state index >= 15 is 0 Å². The van der Waals surface area contributed by atoms with E-state index in [9.17, 15) is 0 Å². The molecular weight excluding hydrogens is 282 g/mol. The first-order valence-corrected chi connectivity index (χ1v) is 4.65. The molecular formula is C9H13Br2N. The smallest absolute Gasteiger partial charge is 0.0407 e. The van der Waals surface area contributed by atoms with Crippen molar-refractivity contribution in [3.8, 4) is 0 Å². The summed E-state index contributed by atoms with van der Waals surface area (Å²) in [6.45, 7) is 0.727. The van der Waals surface area contributed by atoms with Crippen molar-refractivity contribution in [1.82, 2.24) is 0 Å². The Kier molecular flexibility index (Phi) is 6.71. The number of hydrogen-bond donors (Lipinski definition) is 1. The number of rotatable bonds is 3. The van der Waals surface area contributed by atoms with Crippen LogP contribution in [0.5, 0.6) is 0 Å². The third-order valence-electron chi connectivity index (χ3n) is 1.58. The minimum absolute atomic E-state index is 0. The highest BCUT2D eigenvalue weighted by Gasteiger charge is 2.03. The summed E-state index contributed by atoms with van der Waals surface area (Å²) in [6.07, 6.45) is 0.990. The second-order valence-electron chi connectivity index (χ2n) is 2.46. The zero-order chi connectivity index (χ0) is 8.10. The maximum atomic E-state index is 5.44. The van der Waals surface area contributed by atoms with Gasteiger partial charge in [0.05, 0.1) is 0 Å². The molecule has 0 fully saturated rings. The first-order chi connectivity index (χ1) is 5.34. The Bertz CT molecular complexity index is 201. The summed E-state index contributed by atoms with van der Waals surface area (Å²) in [5, 5.41) is 0. The average molecular weight is 295 g/mol. The molecule has 1 unspecified atom stereocenters. The van der Waals surface area contributed by atoms with E-state index < -0.39 is 0 Å². The molecule has 0 aliphatic carbocycles. The van der Waals surface area contributed by atoms with E-state index in [0.717, 1.165) is 13.0 Å². The summed E-state index contributed by atoms with van der Waals surface area (Å²) < 4.78 is 0. The molecule has 0 amide bonds. The largest absolute Gasteiger partial charge is 0.330 e. The Morgan fingerprint density at radius 1 is 1.25 bits per heavy atom. The first-order valence-electron chi connectivity index (χ1n) is 3.73. The van der Waals surface area contributed by atoms with Gasteiger partial charge in [-0.15, -0.1) is 17.0 Å². The predicted molar refractivity (Wildman–Crippen MR) is 62.1 cm³/mol. The highest BCUT2D eigenvalue weighted by Crippen LogP contribution is 2.24. The monoisotopic (exact) mass is 293 g/mol. The number of benzene rings is 1. The molecule has 0 saturated heterocycles. The van der Waals surface area contributed by atoms with Crippen molar-refractivity contribution >= 4 is 32.9 Å². The van der Waals surface area contributed by atoms with Gasteiger partial charge in [0.25, 0.3) is 0 Å². The first kappa shape index (κ1) is 12.1. The van der Waals surface area contributed by atoms with Gasteiger partial charge in [-0.3, -0.25) is 0 Å². The topological polar surface area (TPSA) is 26.0 Å². The summed E-state index contributed by atoms with van der Waals surface area (Å²) in [5.74, 6) is 0. The summed E-state index contributed by atoms with van der Waals surface area (Å²) in [5.41, 5.74) is 6.74. The molecule has 1 rings (SSSR count). The normalized spacial score (nSPS) is 11.8. The van der Waals surface area contributed by atoms with Gasteiger partial charge in [0.2, 0.25) is 0 Å². The molecule has 0 saturated carbocycles. The lowest BCUT2D eigenvalue weighted by Gasteiger charge is -2.06. The van der Waals surface area contributed by atoms with Crippen LogP contribution in [0.25, 0.3) is 0 Å². The fourth-order valence-corrected chi connectivity index (χ4v) is 1.54. The predicted octanol–water partition coefficient (Wildman–Crippen LogP) is 3.05. The molecule has 1 atom stereocenters. The van der Waals surface area contributed by atoms with Crippen molar-refractivity contribution in [2.45, 2.75) is 11.2 Å². The summed E-state index contributed by atoms with van der Waals surface area (Å²) in [4.78, 5) is 0.411. The number of nitrogens with two attached hydrogens (primary N) is 1. The van der Waals surface area contributed by atoms with Gasteiger partial charge in [-0.2, -0.15) is 0 Å². The summed E-state index contributed by atoms with van der Waals surface area (Å²) >= 11 is 3.57. The average Bonchev–Trinajstić information content (AvgIpc) is 2.07. The molecule has 1 aromatic carbocycles. The second kappa shape index (κ2) is 6.63. The van der Waals surface area contributed by atoms with Crippen molar-refractivity contribution in [3.05, 3.63) is 35.9 Å². The molecule has 0 bridgehead atoms. The Hall–Kier alpha value is 0.140. The van der Waals surface area contributed by atoms with E-state index in [2.05, 4.69) is 28.1 Å². The molecule has 2 N–H and O–H groups in total. The van der Waals surface area contributed by atoms with Crippen LogP contribution in [0.3, 0.4) is 0 Å². The van der Waals surface area contributed by atoms with Crippen molar-refractivity contribution in [1.29, 1.82) is 0 Å². The fourth-order valence-electron chi connectivity index (χ4n) is 0.975. The summed E-state index contributed by atoms with van der Waals surface area (Å²) in [6, 6.07) is 10.3. The molecule has 0 spiro atoms. The zero-order valence-corrected chi connectivity index (χ0v) is 10.0. The van der Waals surface area contributed by atoms with Crippen molar-refractivity contribution in [3.63, 3.8) is 0 Å². The van der Waals surface area contributed by atoms with E-state index in [1.165, 1.54) is 5.56 Å². The van der Waals surface area contributed by atoms with Crippen LogP contribution in [0.2, 0.25) is 0 Å². The third kappa shape index (κ3) is 3.70. The van der Waals surface area contributed by atoms with Gasteiger partial charge in [0.1, 0.15) is 0 Å². The Morgan fingerprint density at radius 3 is 2.33 bits per heavy atom. The standard InChI is InChI=1S/C9H12BrN.BrH/c10-9(6-7-11)8-4-2-1-3-5-8;/h1-5,9H,6-7,11H2;1H. The van der Waals surface area contributed by atoms with Crippen molar-refractivity contribution in [2.24, 2.45) is 5.73 Å². The lowest BCUT2D eigenvalue weighted by molar-refractivity contribution is 0.825. The minimum atomic E-state index is 0. The SMILES string of the molecule is Br.NCCC(Br)c1ccccc1. The van der Waals surface area contributed by atoms with E-state index in [4.69, 9.17) is 5.73 Å². The van der Waals surface area contributed by atoms with Crippen LogP contribution < -0.4 is 5.73 Å². The van der Waals surface area contributed by atoms with Gasteiger partial charge in [-0.1, -0.05) is 46.3 Å². The lowest BCUT2D eigenvalue weighted by atomic mass is 10.1. The molecule has 3 heteroatoms. The Balaban J connectivity index is 0.00000121. The molecule has 1 nitrogen and oxygen atoms in total. The van der Waals surface area contributed by atoms with Crippen LogP contribution >= 0.6 is 32.9 Å². The molecule has 0 heterocycles. The van der Waals surface area contributed by atoms with Crippen LogP contribution in [-0.4, -0.2) is 6.54 Å². The van der Waals surface area contributed by atoms with Gasteiger partial charge >= 0.3 is 0 Å². The van der Waals surface area contributed by atoms with Crippen LogP contribution in [0, 0.1) is 0 Å². The Labute approximate surface area is 92.2 Å². The van der Waals surface area contributed by atoms with Gasteiger partial charge < -0.3 is 5.73 Å². The van der Waals surface area contributed by atoms with Crippen molar-refractivity contribution in [2.75, 3.05) is 6.54 Å². The van der Waals surface area contributed by atoms with Crippen molar-refractivity contribution < 1.29 is 0 Å². The van der Waals surface area contributed by atoms with Crippen LogP contribution in [0.1, 0.15) is 16.8 Å². The molecule has 0 aliphatic heterocycles. The highest BCUT2D eigenvalue weighted by molar-refractivity contribution is 9.09. The third-order valence-corrected chi connectivity index (χ3v) is 2.57. The maximum absolute atomic E-state index is 5.44. The molecule has 12 heavy (non-hydrogen) atoms. The van der Waals surface area contributed by atoms with Crippen LogP contribution in [-0.2, 0) is 0 Å². The van der Waals surface area contributed by atoms with Crippen LogP contribution in [0.4, 0.5) is 0 Å². The fraction of sp³-hybridized carbons (Fsp3) is 0.333. The van der Waals surface area contributed by atoms with Gasteiger partial charge in [0.15, 0.2) is 0 Å². The van der Waals surface area contributed by atoms with E-state index in [0.29, 0.717) is 4.83 Å². The number of alkyl halides is 1. The quantitative estimate of drug-likeness (QED) is 0.852. The van der Waals surface area contributed by atoms with Crippen LogP contribution in [0.15, 0.2) is 30.3 Å². The lowest BCUT2D eigenvalue weighted by Crippen LogP contribution is -2.02. The van der Waals surface area contributed by atoms with Gasteiger partial charge in [0, 0.05) is 4.83 Å². The van der Waals surface area contributed by atoms with E-state index in [1.807, 2.05) is 18.2 Å². The Morgan fingerprint density at radius 2 is 1.83 bits per heavy atom. The maximum Gasteiger partial charge on any atom is 0.0407 e. The van der Waals surface area contributed by atoms with E-state index in [1.54, 1.807) is 0 Å². The zero-order valence-electron chi connectivity index (χ0n) is 6.74. The molecule has 0 aromatic heterocycles. The molecule has 0 aliphatic rings. The number of halogens is 2. The number of hydrogen-bond acceptors (Lipinski definition) is 1. The minimum Gasteiger partial charge on any atom is -0.330 e. The molecule has 68 valence electrons. The highest BCUT2D eigenvalue weighted by atomic mass is 79.9. The van der Waals surface area contributed by atoms with Gasteiger partial charge in [-0.05, 0) is 18.5 Å². The summed E-state index contributed by atoms with van der Waals surface area (Å²) in [7, 11) is 0. The second-order valence-corrected chi connectivity index (χ2v) is 3.56. The van der Waals surface area contributed by atoms with E-state index in [-0.39, 0.29) is 17.0 Å². The molecule has 1 aromatic rings.